The van der Waals surface area contributed by atoms with Gasteiger partial charge in [0.05, 0.1) is 22.4 Å². The molecule has 4 rings (SSSR count). The second kappa shape index (κ2) is 7.66. The average molecular weight is 478 g/mol. The fourth-order valence-corrected chi connectivity index (χ4v) is 3.68. The number of amides is 2. The Morgan fingerprint density at radius 3 is 2.24 bits per heavy atom. The van der Waals surface area contributed by atoms with Gasteiger partial charge < -0.3 is 10.5 Å². The van der Waals surface area contributed by atoms with Crippen molar-refractivity contribution in [3.8, 4) is 17.2 Å². The minimum atomic E-state index is -4.73. The van der Waals surface area contributed by atoms with Gasteiger partial charge in [-0.05, 0) is 55.3 Å². The molecule has 3 N–H and O–H groups in total. The van der Waals surface area contributed by atoms with Crippen molar-refractivity contribution in [2.75, 3.05) is 5.73 Å². The summed E-state index contributed by atoms with van der Waals surface area (Å²) in [6.45, 7) is 3.46. The maximum atomic E-state index is 13.4. The van der Waals surface area contributed by atoms with Crippen molar-refractivity contribution in [3.05, 3.63) is 79.6 Å². The van der Waals surface area contributed by atoms with Crippen molar-refractivity contribution in [1.82, 2.24) is 9.88 Å². The molecule has 0 fully saturated rings. The van der Waals surface area contributed by atoms with Crippen molar-refractivity contribution in [2.24, 2.45) is 0 Å². The van der Waals surface area contributed by atoms with E-state index in [4.69, 9.17) is 22.1 Å². The Labute approximate surface area is 189 Å². The molecule has 2 aromatic carbocycles. The van der Waals surface area contributed by atoms with Gasteiger partial charge in [0, 0.05) is 11.1 Å². The molecule has 3 aromatic rings. The van der Waals surface area contributed by atoms with Gasteiger partial charge in [0.2, 0.25) is 0 Å². The molecular weight excluding hydrogens is 463 g/mol. The van der Waals surface area contributed by atoms with E-state index >= 15 is 0 Å². The normalized spacial score (nSPS) is 13.2. The summed E-state index contributed by atoms with van der Waals surface area (Å²) < 4.78 is 46.9. The molecule has 2 heterocycles. The number of imide groups is 1. The molecular formula is C22H15ClF3N3O4. The highest BCUT2D eigenvalue weighted by atomic mass is 35.5. The summed E-state index contributed by atoms with van der Waals surface area (Å²) >= 11 is 6.16. The largest absolute Gasteiger partial charge is 0.455 e. The number of pyridine rings is 1. The number of alkyl halides is 3. The number of carbonyl (C=O) groups is 2. The van der Waals surface area contributed by atoms with E-state index in [0.29, 0.717) is 26.8 Å². The lowest BCUT2D eigenvalue weighted by Gasteiger charge is -2.18. The van der Waals surface area contributed by atoms with Gasteiger partial charge in [0.25, 0.3) is 17.4 Å². The number of nitrogens with two attached hydrogens (primary N) is 1. The highest BCUT2D eigenvalue weighted by Crippen LogP contribution is 2.38. The number of hydrogen-bond acceptors (Lipinski definition) is 5. The van der Waals surface area contributed by atoms with Crippen molar-refractivity contribution < 1.29 is 27.5 Å². The first kappa shape index (κ1) is 22.4. The first-order valence-electron chi connectivity index (χ1n) is 9.46. The van der Waals surface area contributed by atoms with E-state index in [1.165, 1.54) is 0 Å². The maximum absolute atomic E-state index is 13.4. The van der Waals surface area contributed by atoms with Crippen LogP contribution in [-0.4, -0.2) is 16.4 Å². The van der Waals surface area contributed by atoms with Crippen LogP contribution in [0.5, 0.6) is 11.5 Å². The van der Waals surface area contributed by atoms with E-state index in [-0.39, 0.29) is 28.3 Å². The fourth-order valence-electron chi connectivity index (χ4n) is 3.57. The number of nitrogens with zero attached hydrogens (tertiary/aromatic N) is 1. The molecule has 0 aliphatic carbocycles. The van der Waals surface area contributed by atoms with Crippen LogP contribution in [0, 0.1) is 13.8 Å². The van der Waals surface area contributed by atoms with Gasteiger partial charge in [-0.1, -0.05) is 11.6 Å². The van der Waals surface area contributed by atoms with E-state index < -0.39 is 34.9 Å². The van der Waals surface area contributed by atoms with Crippen LogP contribution in [0.2, 0.25) is 5.02 Å². The Bertz CT molecular complexity index is 1390. The first-order valence-corrected chi connectivity index (χ1v) is 9.83. The van der Waals surface area contributed by atoms with Crippen molar-refractivity contribution in [3.63, 3.8) is 0 Å². The third-order valence-corrected chi connectivity index (χ3v) is 5.71. The third-order valence-electron chi connectivity index (χ3n) is 5.12. The topological polar surface area (TPSA) is 103 Å². The van der Waals surface area contributed by atoms with Gasteiger partial charge in [-0.3, -0.25) is 24.3 Å². The number of ether oxygens (including phenoxy) is 1. The predicted molar refractivity (Wildman–Crippen MR) is 114 cm³/mol. The highest BCUT2D eigenvalue weighted by Gasteiger charge is 2.34. The number of rotatable bonds is 3. The smallest absolute Gasteiger partial charge is 0.416 e. The molecule has 33 heavy (non-hydrogen) atoms. The van der Waals surface area contributed by atoms with Crippen LogP contribution >= 0.6 is 11.6 Å². The van der Waals surface area contributed by atoms with Crippen molar-refractivity contribution >= 4 is 29.2 Å². The van der Waals surface area contributed by atoms with Gasteiger partial charge in [-0.15, -0.1) is 0 Å². The zero-order valence-electron chi connectivity index (χ0n) is 17.1. The van der Waals surface area contributed by atoms with Crippen LogP contribution in [-0.2, 0) is 6.18 Å². The molecule has 0 spiro atoms. The van der Waals surface area contributed by atoms with Crippen molar-refractivity contribution in [2.45, 2.75) is 20.0 Å². The van der Waals surface area contributed by atoms with E-state index in [1.54, 1.807) is 26.0 Å². The van der Waals surface area contributed by atoms with Crippen molar-refractivity contribution in [1.29, 1.82) is 0 Å². The van der Waals surface area contributed by atoms with Gasteiger partial charge in [0.1, 0.15) is 11.6 Å². The van der Waals surface area contributed by atoms with Gasteiger partial charge >= 0.3 is 6.18 Å². The minimum Gasteiger partial charge on any atom is -0.455 e. The molecule has 0 atom stereocenters. The summed E-state index contributed by atoms with van der Waals surface area (Å²) in [5.74, 6) is -2.05. The summed E-state index contributed by atoms with van der Waals surface area (Å²) in [7, 11) is 0. The number of aromatic nitrogens is 1. The maximum Gasteiger partial charge on any atom is 0.416 e. The summed E-state index contributed by atoms with van der Waals surface area (Å²) in [6, 6.07) is 6.52. The lowest BCUT2D eigenvalue weighted by Crippen LogP contribution is -2.25. The number of fused-ring (bicyclic) bond motifs is 1. The molecule has 1 aromatic heterocycles. The number of anilines is 1. The van der Waals surface area contributed by atoms with Crippen LogP contribution in [0.15, 0.2) is 41.2 Å². The van der Waals surface area contributed by atoms with Crippen LogP contribution in [0.4, 0.5) is 19.0 Å². The van der Waals surface area contributed by atoms with Crippen LogP contribution in [0.1, 0.15) is 37.4 Å². The lowest BCUT2D eigenvalue weighted by molar-refractivity contribution is -0.137. The Balaban J connectivity index is 1.96. The number of nitrogens with one attached hydrogen (secondary N) is 1. The molecule has 0 radical (unpaired) electrons. The Kier molecular flexibility index (Phi) is 5.20. The highest BCUT2D eigenvalue weighted by molar-refractivity contribution is 6.32. The standard InChI is InChI=1S/C22H15ClF3N3O4/c1-9-5-12(6-10(2)18(9)23)33-15-4-3-11(22(24,25)26)7-14(15)29-16(30)8-13-17(19(29)27)21(32)28-20(13)31/h3-8H,27H2,1-2H3,(H,28,31,32). The number of hydrogen-bond donors (Lipinski definition) is 2. The molecule has 1 aliphatic heterocycles. The predicted octanol–water partition coefficient (Wildman–Crippen LogP) is 4.38. The van der Waals surface area contributed by atoms with Gasteiger partial charge in [-0.25, -0.2) is 0 Å². The number of carbonyl (C=O) groups excluding carboxylic acids is 2. The number of benzene rings is 2. The summed E-state index contributed by atoms with van der Waals surface area (Å²) in [5.41, 5.74) is 4.45. The molecule has 7 nitrogen and oxygen atoms in total. The van der Waals surface area contributed by atoms with E-state index in [2.05, 4.69) is 0 Å². The zero-order valence-corrected chi connectivity index (χ0v) is 17.9. The van der Waals surface area contributed by atoms with Gasteiger partial charge in [-0.2, -0.15) is 13.2 Å². The number of nitrogen functional groups attached to an aromatic ring is 1. The molecule has 170 valence electrons. The second-order valence-corrected chi connectivity index (χ2v) is 7.81. The zero-order chi connectivity index (χ0) is 24.2. The average Bonchev–Trinajstić information content (AvgIpc) is 2.99. The minimum absolute atomic E-state index is 0.136. The van der Waals surface area contributed by atoms with E-state index in [1.807, 2.05) is 5.32 Å². The van der Waals surface area contributed by atoms with Crippen LogP contribution < -0.4 is 21.3 Å². The monoisotopic (exact) mass is 477 g/mol. The van der Waals surface area contributed by atoms with E-state index in [0.717, 1.165) is 18.2 Å². The second-order valence-electron chi connectivity index (χ2n) is 7.43. The van der Waals surface area contributed by atoms with Crippen LogP contribution in [0.3, 0.4) is 0 Å². The molecule has 0 bridgehead atoms. The molecule has 2 amide bonds. The Morgan fingerprint density at radius 2 is 1.64 bits per heavy atom. The molecule has 1 aliphatic rings. The lowest BCUT2D eigenvalue weighted by atomic mass is 10.1. The molecule has 0 unspecified atom stereocenters. The first-order chi connectivity index (χ1) is 15.4. The fraction of sp³-hybridized carbons (Fsp3) is 0.136. The quantitative estimate of drug-likeness (QED) is 0.545. The summed E-state index contributed by atoms with van der Waals surface area (Å²) in [5, 5.41) is 2.51. The number of aryl methyl sites for hydroxylation is 2. The molecule has 11 heteroatoms. The van der Waals surface area contributed by atoms with Crippen LogP contribution in [0.25, 0.3) is 5.69 Å². The number of halogens is 4. The SMILES string of the molecule is Cc1cc(Oc2ccc(C(F)(F)F)cc2-n2c(N)c3c(cc2=O)C(=O)NC3=O)cc(C)c1Cl. The Morgan fingerprint density at radius 1 is 1.00 bits per heavy atom. The van der Waals surface area contributed by atoms with E-state index in [9.17, 15) is 27.6 Å². The molecule has 0 saturated heterocycles. The van der Waals surface area contributed by atoms with Gasteiger partial charge in [0.15, 0.2) is 5.75 Å². The third kappa shape index (κ3) is 3.82. The molecule has 0 saturated carbocycles. The summed E-state index contributed by atoms with van der Waals surface area (Å²) in [6.07, 6.45) is -4.73. The Hall–Kier alpha value is -3.79. The summed E-state index contributed by atoms with van der Waals surface area (Å²) in [4.78, 5) is 36.9.